The Morgan fingerprint density at radius 1 is 1.17 bits per heavy atom. The SMILES string of the molecule is CCC.Cc1cc(Cl)c(Cl)c(CN(CC(C)C)C2CCNCC2)c1. The predicted octanol–water partition coefficient (Wildman–Crippen LogP) is 5.93. The van der Waals surface area contributed by atoms with Crippen molar-refractivity contribution in [3.8, 4) is 0 Å². The van der Waals surface area contributed by atoms with E-state index in [1.165, 1.54) is 24.8 Å². The number of aryl methyl sites for hydroxylation is 1. The Labute approximate surface area is 158 Å². The Balaban J connectivity index is 0.000000891. The quantitative estimate of drug-likeness (QED) is 0.688. The summed E-state index contributed by atoms with van der Waals surface area (Å²) in [7, 11) is 0. The van der Waals surface area contributed by atoms with Gasteiger partial charge >= 0.3 is 0 Å². The Morgan fingerprint density at radius 2 is 1.75 bits per heavy atom. The van der Waals surface area contributed by atoms with Crippen molar-refractivity contribution in [2.45, 2.75) is 66.5 Å². The molecule has 1 aliphatic rings. The van der Waals surface area contributed by atoms with Gasteiger partial charge in [0.25, 0.3) is 0 Å². The smallest absolute Gasteiger partial charge is 0.0637 e. The average molecular weight is 373 g/mol. The van der Waals surface area contributed by atoms with Gasteiger partial charge in [-0.3, -0.25) is 4.90 Å². The van der Waals surface area contributed by atoms with E-state index in [-0.39, 0.29) is 0 Å². The van der Waals surface area contributed by atoms with Gasteiger partial charge in [-0.1, -0.05) is 63.4 Å². The fourth-order valence-corrected chi connectivity index (χ4v) is 3.58. The molecule has 1 heterocycles. The fourth-order valence-electron chi connectivity index (χ4n) is 3.11. The van der Waals surface area contributed by atoms with Crippen molar-refractivity contribution in [1.82, 2.24) is 10.2 Å². The van der Waals surface area contributed by atoms with Gasteiger partial charge < -0.3 is 5.32 Å². The molecule has 1 aliphatic heterocycles. The van der Waals surface area contributed by atoms with Crippen LogP contribution >= 0.6 is 23.2 Å². The lowest BCUT2D eigenvalue weighted by Crippen LogP contribution is -2.44. The third-order valence-corrected chi connectivity index (χ3v) is 4.89. The van der Waals surface area contributed by atoms with E-state index in [2.05, 4.69) is 50.9 Å². The van der Waals surface area contributed by atoms with Gasteiger partial charge in [0, 0.05) is 19.1 Å². The molecular weight excluding hydrogens is 339 g/mol. The van der Waals surface area contributed by atoms with Crippen molar-refractivity contribution in [3.63, 3.8) is 0 Å². The van der Waals surface area contributed by atoms with Crippen LogP contribution in [0, 0.1) is 12.8 Å². The van der Waals surface area contributed by atoms with Crippen molar-refractivity contribution in [3.05, 3.63) is 33.3 Å². The van der Waals surface area contributed by atoms with Crippen molar-refractivity contribution >= 4 is 23.2 Å². The lowest BCUT2D eigenvalue weighted by Gasteiger charge is -2.36. The van der Waals surface area contributed by atoms with Crippen LogP contribution in [0.5, 0.6) is 0 Å². The number of benzene rings is 1. The van der Waals surface area contributed by atoms with E-state index in [0.717, 1.165) is 31.7 Å². The molecule has 0 bridgehead atoms. The minimum absolute atomic E-state index is 0.643. The first kappa shape index (κ1) is 21.8. The third-order valence-electron chi connectivity index (χ3n) is 4.05. The number of nitrogens with one attached hydrogen (secondary N) is 1. The fraction of sp³-hybridized carbons (Fsp3) is 0.700. The maximum absolute atomic E-state index is 6.41. The molecule has 0 saturated carbocycles. The normalized spacial score (nSPS) is 15.5. The van der Waals surface area contributed by atoms with Crippen molar-refractivity contribution in [2.75, 3.05) is 19.6 Å². The van der Waals surface area contributed by atoms with Crippen LogP contribution in [-0.4, -0.2) is 30.6 Å². The second-order valence-corrected chi connectivity index (χ2v) is 8.02. The van der Waals surface area contributed by atoms with Crippen LogP contribution in [-0.2, 0) is 6.54 Å². The average Bonchev–Trinajstić information content (AvgIpc) is 2.52. The maximum atomic E-state index is 6.41. The molecule has 24 heavy (non-hydrogen) atoms. The molecule has 4 heteroatoms. The molecule has 1 N–H and O–H groups in total. The van der Waals surface area contributed by atoms with E-state index in [0.29, 0.717) is 22.0 Å². The lowest BCUT2D eigenvalue weighted by molar-refractivity contribution is 0.137. The Kier molecular flexibility index (Phi) is 10.3. The summed E-state index contributed by atoms with van der Waals surface area (Å²) in [6.45, 7) is 15.1. The first-order valence-corrected chi connectivity index (χ1v) is 10.0. The van der Waals surface area contributed by atoms with Gasteiger partial charge in [-0.05, 0) is 56.0 Å². The molecular formula is C20H34Cl2N2. The minimum Gasteiger partial charge on any atom is -0.317 e. The largest absolute Gasteiger partial charge is 0.317 e. The number of piperidine rings is 1. The summed E-state index contributed by atoms with van der Waals surface area (Å²) in [5, 5.41) is 4.82. The molecule has 138 valence electrons. The van der Waals surface area contributed by atoms with Crippen molar-refractivity contribution < 1.29 is 0 Å². The van der Waals surface area contributed by atoms with E-state index in [9.17, 15) is 0 Å². The molecule has 0 radical (unpaired) electrons. The van der Waals surface area contributed by atoms with Crippen molar-refractivity contribution in [2.24, 2.45) is 5.92 Å². The monoisotopic (exact) mass is 372 g/mol. The summed E-state index contributed by atoms with van der Waals surface area (Å²) in [5.41, 5.74) is 2.33. The molecule has 1 aromatic rings. The molecule has 2 rings (SSSR count). The van der Waals surface area contributed by atoms with Crippen LogP contribution in [0.2, 0.25) is 10.0 Å². The summed E-state index contributed by atoms with van der Waals surface area (Å²) in [5.74, 6) is 0.652. The first-order chi connectivity index (χ1) is 11.4. The van der Waals surface area contributed by atoms with Crippen LogP contribution in [0.1, 0.15) is 58.1 Å². The topological polar surface area (TPSA) is 15.3 Å². The summed E-state index contributed by atoms with van der Waals surface area (Å²) >= 11 is 12.6. The van der Waals surface area contributed by atoms with Gasteiger partial charge in [0.15, 0.2) is 0 Å². The van der Waals surface area contributed by atoms with Crippen molar-refractivity contribution in [1.29, 1.82) is 0 Å². The number of halogens is 2. The second-order valence-electron chi connectivity index (χ2n) is 7.23. The summed E-state index contributed by atoms with van der Waals surface area (Å²) in [6, 6.07) is 4.75. The molecule has 1 fully saturated rings. The first-order valence-electron chi connectivity index (χ1n) is 9.28. The predicted molar refractivity (Wildman–Crippen MR) is 108 cm³/mol. The van der Waals surface area contributed by atoms with E-state index in [1.54, 1.807) is 0 Å². The lowest BCUT2D eigenvalue weighted by atomic mass is 10.0. The highest BCUT2D eigenvalue weighted by molar-refractivity contribution is 6.42. The molecule has 0 aromatic heterocycles. The van der Waals surface area contributed by atoms with E-state index < -0.39 is 0 Å². The van der Waals surface area contributed by atoms with Crippen LogP contribution in [0.25, 0.3) is 0 Å². The van der Waals surface area contributed by atoms with Gasteiger partial charge in [-0.15, -0.1) is 0 Å². The highest BCUT2D eigenvalue weighted by Crippen LogP contribution is 2.29. The van der Waals surface area contributed by atoms with Gasteiger partial charge in [0.1, 0.15) is 0 Å². The van der Waals surface area contributed by atoms with Crippen LogP contribution < -0.4 is 5.32 Å². The number of hydrogen-bond acceptors (Lipinski definition) is 2. The van der Waals surface area contributed by atoms with Crippen LogP contribution in [0.3, 0.4) is 0 Å². The van der Waals surface area contributed by atoms with Gasteiger partial charge in [0.05, 0.1) is 10.0 Å². The maximum Gasteiger partial charge on any atom is 0.0637 e. The number of rotatable bonds is 5. The van der Waals surface area contributed by atoms with Gasteiger partial charge in [-0.25, -0.2) is 0 Å². The van der Waals surface area contributed by atoms with E-state index in [4.69, 9.17) is 23.2 Å². The summed E-state index contributed by atoms with van der Waals surface area (Å²) in [4.78, 5) is 2.59. The molecule has 0 spiro atoms. The van der Waals surface area contributed by atoms with Gasteiger partial charge in [-0.2, -0.15) is 0 Å². The molecule has 0 amide bonds. The standard InChI is InChI=1S/C17H26Cl2N2.C3H8/c1-12(2)10-21(15-4-6-20-7-5-15)11-14-8-13(3)9-16(18)17(14)19;1-3-2/h8-9,12,15,20H,4-7,10-11H2,1-3H3;3H2,1-2H3. The summed E-state index contributed by atoms with van der Waals surface area (Å²) in [6.07, 6.45) is 3.67. The molecule has 1 saturated heterocycles. The Morgan fingerprint density at radius 3 is 2.29 bits per heavy atom. The van der Waals surface area contributed by atoms with Crippen LogP contribution in [0.4, 0.5) is 0 Å². The molecule has 0 aliphatic carbocycles. The van der Waals surface area contributed by atoms with E-state index in [1.807, 2.05) is 6.07 Å². The second kappa shape index (κ2) is 11.4. The zero-order valence-corrected chi connectivity index (χ0v) is 17.5. The van der Waals surface area contributed by atoms with Crippen LogP contribution in [0.15, 0.2) is 12.1 Å². The summed E-state index contributed by atoms with van der Waals surface area (Å²) < 4.78 is 0. The molecule has 0 atom stereocenters. The molecule has 2 nitrogen and oxygen atoms in total. The highest BCUT2D eigenvalue weighted by atomic mass is 35.5. The zero-order chi connectivity index (χ0) is 18.1. The number of nitrogens with zero attached hydrogens (tertiary/aromatic N) is 1. The molecule has 1 aromatic carbocycles. The Hall–Kier alpha value is -0.280. The highest BCUT2D eigenvalue weighted by Gasteiger charge is 2.22. The molecule has 0 unspecified atom stereocenters. The zero-order valence-electron chi connectivity index (χ0n) is 16.0. The van der Waals surface area contributed by atoms with Gasteiger partial charge in [0.2, 0.25) is 0 Å². The number of hydrogen-bond donors (Lipinski definition) is 1. The van der Waals surface area contributed by atoms with E-state index >= 15 is 0 Å². The minimum atomic E-state index is 0.643. The Bertz CT molecular complexity index is 483. The third kappa shape index (κ3) is 7.31.